The molecule has 0 saturated carbocycles. The Bertz CT molecular complexity index is 1360. The predicted molar refractivity (Wildman–Crippen MR) is 147 cm³/mol. The van der Waals surface area contributed by atoms with Crippen LogP contribution in [0.2, 0.25) is 0 Å². The monoisotopic (exact) mass is 542 g/mol. The van der Waals surface area contributed by atoms with Gasteiger partial charge in [0.25, 0.3) is 5.72 Å². The van der Waals surface area contributed by atoms with E-state index in [-0.39, 0.29) is 24.3 Å². The number of aliphatic carboxylic acids is 1. The van der Waals surface area contributed by atoms with E-state index in [4.69, 9.17) is 14.2 Å². The first-order valence-electron chi connectivity index (χ1n) is 12.4. The SMILES string of the molecule is COc1cc(OC)nc(O[C@@](NC(=O)N(C)Cc2ccccc2)(C(=O)O)C(c2ccccc2)c2ccccc2)n1. The van der Waals surface area contributed by atoms with Crippen LogP contribution in [-0.4, -0.2) is 59.0 Å². The zero-order valence-corrected chi connectivity index (χ0v) is 22.4. The number of benzene rings is 3. The van der Waals surface area contributed by atoms with E-state index in [1.165, 1.54) is 25.2 Å². The van der Waals surface area contributed by atoms with Gasteiger partial charge >= 0.3 is 18.0 Å². The van der Waals surface area contributed by atoms with Gasteiger partial charge in [0.15, 0.2) is 0 Å². The third-order valence-electron chi connectivity index (χ3n) is 6.22. The summed E-state index contributed by atoms with van der Waals surface area (Å²) in [6.07, 6.45) is 0. The molecule has 206 valence electrons. The molecule has 0 bridgehead atoms. The summed E-state index contributed by atoms with van der Waals surface area (Å²) in [6, 6.07) is 27.6. The van der Waals surface area contributed by atoms with Crippen LogP contribution in [0.4, 0.5) is 4.79 Å². The Labute approximate surface area is 232 Å². The highest BCUT2D eigenvalue weighted by Gasteiger charge is 2.53. The lowest BCUT2D eigenvalue weighted by Crippen LogP contribution is -2.64. The van der Waals surface area contributed by atoms with Gasteiger partial charge in [-0.1, -0.05) is 91.0 Å². The van der Waals surface area contributed by atoms with Crippen molar-refractivity contribution in [3.05, 3.63) is 114 Å². The number of ether oxygens (including phenoxy) is 3. The van der Waals surface area contributed by atoms with Crippen LogP contribution in [-0.2, 0) is 11.3 Å². The third kappa shape index (κ3) is 6.29. The van der Waals surface area contributed by atoms with E-state index in [0.717, 1.165) is 5.56 Å². The van der Waals surface area contributed by atoms with Gasteiger partial charge in [0.05, 0.1) is 26.2 Å². The fourth-order valence-electron chi connectivity index (χ4n) is 4.30. The van der Waals surface area contributed by atoms with Crippen molar-refractivity contribution in [1.82, 2.24) is 20.2 Å². The summed E-state index contributed by atoms with van der Waals surface area (Å²) in [5.74, 6) is -2.31. The molecule has 40 heavy (non-hydrogen) atoms. The van der Waals surface area contributed by atoms with Crippen LogP contribution in [0.3, 0.4) is 0 Å². The van der Waals surface area contributed by atoms with Crippen LogP contribution in [0.1, 0.15) is 22.6 Å². The van der Waals surface area contributed by atoms with Crippen molar-refractivity contribution >= 4 is 12.0 Å². The van der Waals surface area contributed by atoms with E-state index < -0.39 is 23.6 Å². The van der Waals surface area contributed by atoms with Crippen molar-refractivity contribution in [2.75, 3.05) is 21.3 Å². The lowest BCUT2D eigenvalue weighted by molar-refractivity contribution is -0.160. The molecule has 2 amide bonds. The van der Waals surface area contributed by atoms with E-state index in [1.807, 2.05) is 42.5 Å². The fraction of sp³-hybridized carbons (Fsp3) is 0.200. The third-order valence-corrected chi connectivity index (χ3v) is 6.22. The zero-order valence-electron chi connectivity index (χ0n) is 22.4. The maximum absolute atomic E-state index is 13.7. The van der Waals surface area contributed by atoms with Gasteiger partial charge in [-0.05, 0) is 16.7 Å². The second kappa shape index (κ2) is 12.6. The fourth-order valence-corrected chi connectivity index (χ4v) is 4.30. The lowest BCUT2D eigenvalue weighted by Gasteiger charge is -2.38. The van der Waals surface area contributed by atoms with Crippen molar-refractivity contribution < 1.29 is 28.9 Å². The van der Waals surface area contributed by atoms with Gasteiger partial charge in [0, 0.05) is 13.6 Å². The number of carbonyl (C=O) groups is 2. The standard InChI is InChI=1S/C30H30N4O6/c1-34(20-21-13-7-4-8-14-21)29(37)33-30(27(35)36,40-28-31-24(38-2)19-25(32-28)39-3)26(22-15-9-5-10-16-22)23-17-11-6-12-18-23/h4-19,26H,20H2,1-3H3,(H,33,37)(H,35,36)/t30-/m1/s1. The van der Waals surface area contributed by atoms with E-state index >= 15 is 0 Å². The molecule has 1 heterocycles. The van der Waals surface area contributed by atoms with Crippen LogP contribution in [0.5, 0.6) is 17.8 Å². The smallest absolute Gasteiger partial charge is 0.371 e. The molecule has 0 aliphatic carbocycles. The molecule has 0 fully saturated rings. The number of nitrogens with one attached hydrogen (secondary N) is 1. The molecule has 0 radical (unpaired) electrons. The number of methoxy groups -OCH3 is 2. The summed E-state index contributed by atoms with van der Waals surface area (Å²) < 4.78 is 16.6. The van der Waals surface area contributed by atoms with Gasteiger partial charge in [-0.25, -0.2) is 9.59 Å². The average Bonchev–Trinajstić information content (AvgIpc) is 2.98. The van der Waals surface area contributed by atoms with Crippen molar-refractivity contribution in [1.29, 1.82) is 0 Å². The summed E-state index contributed by atoms with van der Waals surface area (Å²) in [5.41, 5.74) is -0.373. The van der Waals surface area contributed by atoms with Crippen molar-refractivity contribution in [3.8, 4) is 17.8 Å². The molecular formula is C30H30N4O6. The number of carboxylic acid groups (broad SMARTS) is 1. The van der Waals surface area contributed by atoms with Crippen molar-refractivity contribution in [3.63, 3.8) is 0 Å². The summed E-state index contributed by atoms with van der Waals surface area (Å²) >= 11 is 0. The first kappa shape index (κ1) is 27.9. The van der Waals surface area contributed by atoms with E-state index in [2.05, 4.69) is 15.3 Å². The van der Waals surface area contributed by atoms with Crippen LogP contribution in [0.25, 0.3) is 0 Å². The van der Waals surface area contributed by atoms with E-state index in [9.17, 15) is 14.7 Å². The number of amides is 2. The van der Waals surface area contributed by atoms with Crippen LogP contribution in [0, 0.1) is 0 Å². The number of hydrogen-bond acceptors (Lipinski definition) is 7. The van der Waals surface area contributed by atoms with Crippen molar-refractivity contribution in [2.45, 2.75) is 18.2 Å². The molecule has 3 aromatic carbocycles. The largest absolute Gasteiger partial charge is 0.481 e. The first-order valence-corrected chi connectivity index (χ1v) is 12.4. The molecule has 2 N–H and O–H groups in total. The Morgan fingerprint density at radius 3 is 1.77 bits per heavy atom. The minimum absolute atomic E-state index is 0.0876. The second-order valence-electron chi connectivity index (χ2n) is 8.90. The van der Waals surface area contributed by atoms with E-state index in [1.54, 1.807) is 55.6 Å². The number of aromatic nitrogens is 2. The minimum atomic E-state index is -2.40. The average molecular weight is 543 g/mol. The predicted octanol–water partition coefficient (Wildman–Crippen LogP) is 4.33. The highest BCUT2D eigenvalue weighted by atomic mass is 16.6. The molecule has 10 nitrogen and oxygen atoms in total. The van der Waals surface area contributed by atoms with Crippen LogP contribution < -0.4 is 19.5 Å². The quantitative estimate of drug-likeness (QED) is 0.269. The van der Waals surface area contributed by atoms with Gasteiger partial charge in [0.2, 0.25) is 11.8 Å². The van der Waals surface area contributed by atoms with Gasteiger partial charge in [-0.3, -0.25) is 5.32 Å². The molecule has 0 aliphatic heterocycles. The van der Waals surface area contributed by atoms with E-state index in [0.29, 0.717) is 11.1 Å². The summed E-state index contributed by atoms with van der Waals surface area (Å²) in [5, 5.41) is 13.5. The Morgan fingerprint density at radius 1 is 0.850 bits per heavy atom. The Hall–Kier alpha value is -5.12. The molecule has 4 rings (SSSR count). The summed E-state index contributed by atoms with van der Waals surface area (Å²) in [6.45, 7) is 0.229. The molecule has 10 heteroatoms. The van der Waals surface area contributed by atoms with Gasteiger partial charge in [-0.15, -0.1) is 0 Å². The van der Waals surface area contributed by atoms with Crippen molar-refractivity contribution in [2.24, 2.45) is 0 Å². The maximum atomic E-state index is 13.7. The summed E-state index contributed by atoms with van der Waals surface area (Å²) in [7, 11) is 4.36. The zero-order chi connectivity index (χ0) is 28.5. The minimum Gasteiger partial charge on any atom is -0.481 e. The second-order valence-corrected chi connectivity index (χ2v) is 8.90. The first-order chi connectivity index (χ1) is 19.4. The number of rotatable bonds is 11. The lowest BCUT2D eigenvalue weighted by atomic mass is 9.82. The molecule has 0 spiro atoms. The molecular weight excluding hydrogens is 512 g/mol. The summed E-state index contributed by atoms with van der Waals surface area (Å²) in [4.78, 5) is 36.8. The molecule has 4 aromatic rings. The molecule has 1 atom stereocenters. The highest BCUT2D eigenvalue weighted by molar-refractivity contribution is 5.87. The topological polar surface area (TPSA) is 123 Å². The van der Waals surface area contributed by atoms with Crippen LogP contribution >= 0.6 is 0 Å². The van der Waals surface area contributed by atoms with Gasteiger partial charge in [0.1, 0.15) is 0 Å². The normalized spacial score (nSPS) is 12.2. The number of carboxylic acids is 1. The number of urea groups is 1. The number of carbonyl (C=O) groups excluding carboxylic acids is 1. The number of nitrogens with zero attached hydrogens (tertiary/aromatic N) is 3. The molecule has 0 unspecified atom stereocenters. The van der Waals surface area contributed by atoms with Gasteiger partial charge in [-0.2, -0.15) is 9.97 Å². The van der Waals surface area contributed by atoms with Crippen LogP contribution in [0.15, 0.2) is 97.1 Å². The highest BCUT2D eigenvalue weighted by Crippen LogP contribution is 2.37. The molecule has 0 saturated heterocycles. The maximum Gasteiger partial charge on any atom is 0.371 e. The Morgan fingerprint density at radius 2 is 1.32 bits per heavy atom. The molecule has 1 aromatic heterocycles. The number of hydrogen-bond donors (Lipinski definition) is 2. The Balaban J connectivity index is 1.86. The van der Waals surface area contributed by atoms with Gasteiger partial charge < -0.3 is 24.2 Å². The molecule has 0 aliphatic rings. The Kier molecular flexibility index (Phi) is 8.80.